The zero-order valence-electron chi connectivity index (χ0n) is 10.5. The van der Waals surface area contributed by atoms with Crippen molar-refractivity contribution in [2.45, 2.75) is 53.4 Å². The molecular formula is C14H24O. The van der Waals surface area contributed by atoms with Crippen molar-refractivity contribution in [2.24, 2.45) is 5.92 Å². The fourth-order valence-corrected chi connectivity index (χ4v) is 1.44. The Morgan fingerprint density at radius 2 is 1.60 bits per heavy atom. The number of carbonyl (C=O) groups excluding carboxylic acids is 1. The number of aldehydes is 1. The molecule has 0 aromatic rings. The maximum Gasteiger partial charge on any atom is 0.145 e. The Balaban J connectivity index is 3.62. The second-order valence-corrected chi connectivity index (χ2v) is 4.61. The summed E-state index contributed by atoms with van der Waals surface area (Å²) < 4.78 is 0. The van der Waals surface area contributed by atoms with Crippen LogP contribution in [0.15, 0.2) is 23.3 Å². The van der Waals surface area contributed by atoms with E-state index in [0.29, 0.717) is 0 Å². The number of rotatable bonds is 7. The van der Waals surface area contributed by atoms with Crippen LogP contribution in [0.25, 0.3) is 0 Å². The van der Waals surface area contributed by atoms with Crippen molar-refractivity contribution in [2.75, 3.05) is 0 Å². The van der Waals surface area contributed by atoms with Gasteiger partial charge in [0.25, 0.3) is 0 Å². The summed E-state index contributed by atoms with van der Waals surface area (Å²) in [7, 11) is 0. The van der Waals surface area contributed by atoms with Crippen molar-refractivity contribution in [3.8, 4) is 0 Å². The van der Waals surface area contributed by atoms with Gasteiger partial charge in [0.05, 0.1) is 0 Å². The van der Waals surface area contributed by atoms with Crippen LogP contribution in [0.4, 0.5) is 0 Å². The van der Waals surface area contributed by atoms with Crippen LogP contribution in [0.5, 0.6) is 0 Å². The van der Waals surface area contributed by atoms with Crippen molar-refractivity contribution in [1.29, 1.82) is 0 Å². The zero-order chi connectivity index (χ0) is 11.7. The number of carbonyl (C=O) groups is 1. The van der Waals surface area contributed by atoms with Crippen LogP contribution >= 0.6 is 0 Å². The second-order valence-electron chi connectivity index (χ2n) is 4.61. The van der Waals surface area contributed by atoms with Crippen molar-refractivity contribution in [3.05, 3.63) is 23.3 Å². The lowest BCUT2D eigenvalue weighted by Gasteiger charge is -2.07. The van der Waals surface area contributed by atoms with Gasteiger partial charge in [-0.15, -0.1) is 0 Å². The van der Waals surface area contributed by atoms with Gasteiger partial charge in [0.2, 0.25) is 0 Å². The molecule has 0 heterocycles. The SMILES string of the molecule is CC(C)=CCC[C@@H](C)CC/C=C(\C)C=O. The highest BCUT2D eigenvalue weighted by Crippen LogP contribution is 2.14. The van der Waals surface area contributed by atoms with Gasteiger partial charge in [-0.3, -0.25) is 4.79 Å². The maximum absolute atomic E-state index is 10.4. The van der Waals surface area contributed by atoms with Crippen LogP contribution < -0.4 is 0 Å². The molecule has 86 valence electrons. The summed E-state index contributed by atoms with van der Waals surface area (Å²) in [6.45, 7) is 8.42. The van der Waals surface area contributed by atoms with Crippen molar-refractivity contribution in [1.82, 2.24) is 0 Å². The van der Waals surface area contributed by atoms with E-state index in [1.807, 2.05) is 13.0 Å². The molecule has 0 unspecified atom stereocenters. The molecule has 1 atom stereocenters. The molecule has 0 fully saturated rings. The highest BCUT2D eigenvalue weighted by atomic mass is 16.1. The molecule has 0 N–H and O–H groups in total. The highest BCUT2D eigenvalue weighted by molar-refractivity contribution is 5.71. The van der Waals surface area contributed by atoms with E-state index in [-0.39, 0.29) is 0 Å². The van der Waals surface area contributed by atoms with Gasteiger partial charge < -0.3 is 0 Å². The molecule has 0 radical (unpaired) electrons. The van der Waals surface area contributed by atoms with E-state index in [0.717, 1.165) is 24.2 Å². The number of allylic oxidation sites excluding steroid dienone is 4. The van der Waals surface area contributed by atoms with E-state index < -0.39 is 0 Å². The highest BCUT2D eigenvalue weighted by Gasteiger charge is 1.99. The summed E-state index contributed by atoms with van der Waals surface area (Å²) >= 11 is 0. The summed E-state index contributed by atoms with van der Waals surface area (Å²) in [5.74, 6) is 0.747. The Morgan fingerprint density at radius 1 is 1.07 bits per heavy atom. The third kappa shape index (κ3) is 9.45. The first-order chi connectivity index (χ1) is 7.06. The van der Waals surface area contributed by atoms with Gasteiger partial charge >= 0.3 is 0 Å². The molecule has 0 aromatic heterocycles. The Labute approximate surface area is 94.3 Å². The molecule has 0 aromatic carbocycles. The molecule has 0 amide bonds. The summed E-state index contributed by atoms with van der Waals surface area (Å²) in [5, 5.41) is 0. The molecule has 1 nitrogen and oxygen atoms in total. The van der Waals surface area contributed by atoms with Gasteiger partial charge in [-0.05, 0) is 57.9 Å². The van der Waals surface area contributed by atoms with E-state index in [4.69, 9.17) is 0 Å². The van der Waals surface area contributed by atoms with Crippen molar-refractivity contribution < 1.29 is 4.79 Å². The Hall–Kier alpha value is -0.850. The fourth-order valence-electron chi connectivity index (χ4n) is 1.44. The number of hydrogen-bond acceptors (Lipinski definition) is 1. The van der Waals surface area contributed by atoms with E-state index in [9.17, 15) is 4.79 Å². The molecule has 0 spiro atoms. The Bertz CT molecular complexity index is 232. The lowest BCUT2D eigenvalue weighted by molar-refractivity contribution is -0.104. The first-order valence-electron chi connectivity index (χ1n) is 5.81. The van der Waals surface area contributed by atoms with Gasteiger partial charge in [-0.1, -0.05) is 24.6 Å². The molecule has 0 aliphatic heterocycles. The third-order valence-corrected chi connectivity index (χ3v) is 2.52. The topological polar surface area (TPSA) is 17.1 Å². The molecule has 0 rings (SSSR count). The van der Waals surface area contributed by atoms with E-state index in [2.05, 4.69) is 26.8 Å². The smallest absolute Gasteiger partial charge is 0.145 e. The maximum atomic E-state index is 10.4. The predicted octanol–water partition coefficient (Wildman–Crippen LogP) is 4.29. The van der Waals surface area contributed by atoms with Crippen LogP contribution in [0, 0.1) is 5.92 Å². The zero-order valence-corrected chi connectivity index (χ0v) is 10.5. The van der Waals surface area contributed by atoms with Crippen LogP contribution in [0.3, 0.4) is 0 Å². The van der Waals surface area contributed by atoms with Gasteiger partial charge in [-0.2, -0.15) is 0 Å². The van der Waals surface area contributed by atoms with Crippen LogP contribution in [0.2, 0.25) is 0 Å². The van der Waals surface area contributed by atoms with E-state index in [1.165, 1.54) is 24.8 Å². The third-order valence-electron chi connectivity index (χ3n) is 2.52. The molecule has 15 heavy (non-hydrogen) atoms. The molecular weight excluding hydrogens is 184 g/mol. The van der Waals surface area contributed by atoms with Crippen molar-refractivity contribution >= 4 is 6.29 Å². The summed E-state index contributed by atoms with van der Waals surface area (Å²) in [5.41, 5.74) is 2.25. The average Bonchev–Trinajstić information content (AvgIpc) is 2.17. The monoisotopic (exact) mass is 208 g/mol. The minimum atomic E-state index is 0.747. The lowest BCUT2D eigenvalue weighted by atomic mass is 9.98. The normalized spacial score (nSPS) is 13.5. The van der Waals surface area contributed by atoms with Crippen molar-refractivity contribution in [3.63, 3.8) is 0 Å². The first kappa shape index (κ1) is 14.2. The van der Waals surface area contributed by atoms with Gasteiger partial charge in [-0.25, -0.2) is 0 Å². The fraction of sp³-hybridized carbons (Fsp3) is 0.643. The molecule has 0 aliphatic rings. The molecule has 1 heteroatoms. The second kappa shape index (κ2) is 8.46. The Morgan fingerprint density at radius 3 is 2.07 bits per heavy atom. The van der Waals surface area contributed by atoms with Gasteiger partial charge in [0.15, 0.2) is 0 Å². The minimum absolute atomic E-state index is 0.747. The molecule has 0 bridgehead atoms. The van der Waals surface area contributed by atoms with E-state index in [1.54, 1.807) is 0 Å². The van der Waals surface area contributed by atoms with E-state index >= 15 is 0 Å². The molecule has 0 aliphatic carbocycles. The summed E-state index contributed by atoms with van der Waals surface area (Å²) in [6, 6.07) is 0. The van der Waals surface area contributed by atoms with Gasteiger partial charge in [0, 0.05) is 0 Å². The van der Waals surface area contributed by atoms with Crippen LogP contribution in [-0.4, -0.2) is 6.29 Å². The lowest BCUT2D eigenvalue weighted by Crippen LogP contribution is -1.93. The standard InChI is InChI=1S/C14H24O/c1-12(2)7-5-8-13(3)9-6-10-14(4)11-15/h7,10-11,13H,5-6,8-9H2,1-4H3/b14-10+/t13-/m1/s1. The average molecular weight is 208 g/mol. The quantitative estimate of drug-likeness (QED) is 0.346. The largest absolute Gasteiger partial charge is 0.298 e. The van der Waals surface area contributed by atoms with Crippen LogP contribution in [0.1, 0.15) is 53.4 Å². The Kier molecular flexibility index (Phi) is 7.98. The van der Waals surface area contributed by atoms with Crippen LogP contribution in [-0.2, 0) is 4.79 Å². The number of hydrogen-bond donors (Lipinski definition) is 0. The molecule has 0 saturated carbocycles. The van der Waals surface area contributed by atoms with Gasteiger partial charge in [0.1, 0.15) is 6.29 Å². The summed E-state index contributed by atoms with van der Waals surface area (Å²) in [4.78, 5) is 10.4. The molecule has 0 saturated heterocycles. The summed E-state index contributed by atoms with van der Waals surface area (Å²) in [6.07, 6.45) is 9.89. The predicted molar refractivity (Wildman–Crippen MR) is 66.9 cm³/mol. The minimum Gasteiger partial charge on any atom is -0.298 e. The first-order valence-corrected chi connectivity index (χ1v) is 5.81.